The van der Waals surface area contributed by atoms with E-state index in [9.17, 15) is 50.8 Å². The van der Waals surface area contributed by atoms with Crippen molar-refractivity contribution in [3.8, 4) is 0 Å². The van der Waals surface area contributed by atoms with Crippen LogP contribution in [0.2, 0.25) is 0 Å². The molecular weight excluding hydrogens is 704 g/mol. The van der Waals surface area contributed by atoms with Crippen LogP contribution in [0.25, 0.3) is 0 Å². The SMILES string of the molecule is CCC(C)CC(C)CC(C)C(O[C@@H]1O[C@H](CO)[C@@H](O)[C@H](O)[C@@H]1O)C(C)/C=C(\C)C(O)C(C)/C=C(\C)C(O)C(C)/C=C(\C)C(=O)OC[C@H](O)[C@H](O)[C@@H](O)CO. The van der Waals surface area contributed by atoms with Crippen molar-refractivity contribution in [2.24, 2.45) is 35.5 Å². The molecule has 14 heteroatoms. The van der Waals surface area contributed by atoms with E-state index in [1.807, 2.05) is 19.9 Å². The molecule has 9 unspecified atom stereocenters. The molecule has 316 valence electrons. The topological polar surface area (TPSA) is 247 Å². The van der Waals surface area contributed by atoms with Gasteiger partial charge in [-0.1, -0.05) is 73.1 Å². The van der Waals surface area contributed by atoms with Crippen molar-refractivity contribution in [3.05, 3.63) is 34.9 Å². The van der Waals surface area contributed by atoms with Crippen LogP contribution in [0, 0.1) is 35.5 Å². The van der Waals surface area contributed by atoms with Gasteiger partial charge < -0.3 is 65.3 Å². The Hall–Kier alpha value is -1.79. The zero-order valence-corrected chi connectivity index (χ0v) is 33.9. The lowest BCUT2D eigenvalue weighted by Crippen LogP contribution is -2.60. The van der Waals surface area contributed by atoms with Crippen LogP contribution in [0.5, 0.6) is 0 Å². The van der Waals surface area contributed by atoms with Crippen molar-refractivity contribution in [2.75, 3.05) is 19.8 Å². The van der Waals surface area contributed by atoms with Gasteiger partial charge in [0.05, 0.1) is 31.5 Å². The smallest absolute Gasteiger partial charge is 0.333 e. The lowest BCUT2D eigenvalue weighted by atomic mass is 9.82. The number of esters is 1. The Labute approximate surface area is 321 Å². The van der Waals surface area contributed by atoms with E-state index in [4.69, 9.17) is 19.3 Å². The van der Waals surface area contributed by atoms with Gasteiger partial charge in [0.15, 0.2) is 6.29 Å². The van der Waals surface area contributed by atoms with Gasteiger partial charge >= 0.3 is 5.97 Å². The van der Waals surface area contributed by atoms with Gasteiger partial charge in [0, 0.05) is 23.3 Å². The molecule has 1 fully saturated rings. The van der Waals surface area contributed by atoms with Crippen LogP contribution in [-0.4, -0.2) is 144 Å². The molecule has 1 aliphatic heterocycles. The van der Waals surface area contributed by atoms with E-state index < -0.39 is 105 Å². The zero-order valence-electron chi connectivity index (χ0n) is 33.9. The van der Waals surface area contributed by atoms with E-state index >= 15 is 0 Å². The molecule has 0 aromatic rings. The fraction of sp³-hybridized carbons (Fsp3) is 0.825. The van der Waals surface area contributed by atoms with Crippen LogP contribution in [0.15, 0.2) is 34.9 Å². The molecule has 0 aromatic heterocycles. The van der Waals surface area contributed by atoms with Gasteiger partial charge in [0.2, 0.25) is 0 Å². The molecule has 0 spiro atoms. The highest BCUT2D eigenvalue weighted by molar-refractivity contribution is 5.87. The van der Waals surface area contributed by atoms with Crippen molar-refractivity contribution in [1.82, 2.24) is 0 Å². The van der Waals surface area contributed by atoms with Crippen molar-refractivity contribution < 1.29 is 70.1 Å². The summed E-state index contributed by atoms with van der Waals surface area (Å²) < 4.78 is 17.1. The van der Waals surface area contributed by atoms with Gasteiger partial charge in [-0.3, -0.25) is 0 Å². The quantitative estimate of drug-likeness (QED) is 0.0400. The summed E-state index contributed by atoms with van der Waals surface area (Å²) in [6, 6.07) is 0. The van der Waals surface area contributed by atoms with Crippen LogP contribution in [0.1, 0.15) is 88.5 Å². The summed E-state index contributed by atoms with van der Waals surface area (Å²) in [6.45, 7) is 17.0. The average molecular weight is 777 g/mol. The van der Waals surface area contributed by atoms with Crippen molar-refractivity contribution in [1.29, 1.82) is 0 Å². The summed E-state index contributed by atoms with van der Waals surface area (Å²) >= 11 is 0. The van der Waals surface area contributed by atoms with Crippen LogP contribution in [0.4, 0.5) is 0 Å². The molecule has 17 atom stereocenters. The van der Waals surface area contributed by atoms with Crippen molar-refractivity contribution in [3.63, 3.8) is 0 Å². The maximum atomic E-state index is 12.5. The highest BCUT2D eigenvalue weighted by Gasteiger charge is 2.45. The van der Waals surface area contributed by atoms with Gasteiger partial charge in [-0.15, -0.1) is 0 Å². The Morgan fingerprint density at radius 2 is 1.26 bits per heavy atom. The van der Waals surface area contributed by atoms with Gasteiger partial charge in [0.1, 0.15) is 49.3 Å². The zero-order chi connectivity index (χ0) is 41.6. The minimum atomic E-state index is -1.71. The van der Waals surface area contributed by atoms with E-state index in [-0.39, 0.29) is 17.4 Å². The number of aliphatic hydroxyl groups is 10. The molecule has 10 N–H and O–H groups in total. The Kier molecular flexibility index (Phi) is 22.4. The number of hydrogen-bond acceptors (Lipinski definition) is 14. The molecule has 54 heavy (non-hydrogen) atoms. The van der Waals surface area contributed by atoms with Crippen molar-refractivity contribution >= 4 is 5.97 Å². The van der Waals surface area contributed by atoms with Crippen LogP contribution in [0.3, 0.4) is 0 Å². The molecule has 0 saturated carbocycles. The van der Waals surface area contributed by atoms with E-state index in [0.29, 0.717) is 23.0 Å². The first kappa shape index (κ1) is 50.2. The molecule has 1 aliphatic rings. The first-order valence-electron chi connectivity index (χ1n) is 19.3. The molecule has 1 saturated heterocycles. The summed E-state index contributed by atoms with van der Waals surface area (Å²) in [5.74, 6) is -1.23. The predicted octanol–water partition coefficient (Wildman–Crippen LogP) is 1.36. The lowest BCUT2D eigenvalue weighted by Gasteiger charge is -2.42. The fourth-order valence-corrected chi connectivity index (χ4v) is 7.16. The first-order valence-corrected chi connectivity index (χ1v) is 19.3. The largest absolute Gasteiger partial charge is 0.459 e. The van der Waals surface area contributed by atoms with Gasteiger partial charge in [-0.2, -0.15) is 0 Å². The normalized spacial score (nSPS) is 28.5. The van der Waals surface area contributed by atoms with E-state index in [2.05, 4.69) is 20.8 Å². The average Bonchev–Trinajstić information content (AvgIpc) is 3.13. The minimum Gasteiger partial charge on any atom is -0.459 e. The number of carbonyl (C=O) groups is 1. The monoisotopic (exact) mass is 776 g/mol. The minimum absolute atomic E-state index is 0.0477. The van der Waals surface area contributed by atoms with E-state index in [1.165, 1.54) is 13.0 Å². The molecule has 0 amide bonds. The van der Waals surface area contributed by atoms with Crippen LogP contribution < -0.4 is 0 Å². The van der Waals surface area contributed by atoms with Gasteiger partial charge in [-0.25, -0.2) is 4.79 Å². The number of rotatable bonds is 23. The summed E-state index contributed by atoms with van der Waals surface area (Å²) in [5, 5.41) is 102. The molecule has 0 aromatic carbocycles. The maximum Gasteiger partial charge on any atom is 0.333 e. The van der Waals surface area contributed by atoms with E-state index in [1.54, 1.807) is 33.8 Å². The second kappa shape index (κ2) is 24.1. The molecule has 0 aliphatic carbocycles. The predicted molar refractivity (Wildman–Crippen MR) is 202 cm³/mol. The fourth-order valence-electron chi connectivity index (χ4n) is 7.16. The maximum absolute atomic E-state index is 12.5. The highest BCUT2D eigenvalue weighted by atomic mass is 16.7. The van der Waals surface area contributed by atoms with Gasteiger partial charge in [0.25, 0.3) is 0 Å². The number of ether oxygens (including phenoxy) is 3. The Morgan fingerprint density at radius 1 is 0.722 bits per heavy atom. The standard InChI is InChI=1S/C40H72O14/c1-11-20(2)12-21(3)13-26(8)38(54-40-37(50)36(49)35(48)31(18-42)53-40)27(9)15-24(6)32(45)22(4)14-23(5)33(46)25(7)16-28(10)39(51)52-19-30(44)34(47)29(43)17-41/h14-16,20-22,25-27,29-38,40-50H,11-13,17-19H2,1-10H3/b23-14+,24-15+,28-16+/t20?,21?,22?,25?,26?,27?,29-,30-,31+,32?,33?,34+,35+,36-,37-,38?,40-/m0/s1. The Balaban J connectivity index is 3.13. The number of carbonyl (C=O) groups excluding carboxylic acids is 1. The summed E-state index contributed by atoms with van der Waals surface area (Å²) in [6.07, 6.45) is -6.45. The molecule has 0 bridgehead atoms. The van der Waals surface area contributed by atoms with Gasteiger partial charge in [-0.05, 0) is 62.5 Å². The lowest BCUT2D eigenvalue weighted by molar-refractivity contribution is -0.317. The third kappa shape index (κ3) is 15.3. The molecule has 14 nitrogen and oxygen atoms in total. The van der Waals surface area contributed by atoms with Crippen LogP contribution >= 0.6 is 0 Å². The molecular formula is C40H72O14. The van der Waals surface area contributed by atoms with Crippen molar-refractivity contribution in [2.45, 2.75) is 156 Å². The number of aliphatic hydroxyl groups excluding tert-OH is 10. The Morgan fingerprint density at radius 3 is 1.78 bits per heavy atom. The molecule has 0 radical (unpaired) electrons. The Bertz CT molecular complexity index is 1190. The second-order valence-electron chi connectivity index (χ2n) is 15.9. The van der Waals surface area contributed by atoms with E-state index in [0.717, 1.165) is 19.3 Å². The third-order valence-electron chi connectivity index (χ3n) is 10.7. The van der Waals surface area contributed by atoms with Crippen LogP contribution in [-0.2, 0) is 19.0 Å². The summed E-state index contributed by atoms with van der Waals surface area (Å²) in [7, 11) is 0. The third-order valence-corrected chi connectivity index (χ3v) is 10.7. The first-order chi connectivity index (χ1) is 25.1. The second-order valence-corrected chi connectivity index (χ2v) is 15.9. The summed E-state index contributed by atoms with van der Waals surface area (Å²) in [5.41, 5.74) is 1.33. The molecule has 1 heterocycles. The summed E-state index contributed by atoms with van der Waals surface area (Å²) in [4.78, 5) is 12.5. The highest BCUT2D eigenvalue weighted by Crippen LogP contribution is 2.33. The number of hydrogen-bond donors (Lipinski definition) is 10. The molecule has 1 rings (SSSR count).